The number of carbonyl (C=O) groups is 1. The second-order valence-corrected chi connectivity index (χ2v) is 9.03. The van der Waals surface area contributed by atoms with E-state index < -0.39 is 0 Å². The van der Waals surface area contributed by atoms with Gasteiger partial charge in [0.15, 0.2) is 0 Å². The smallest absolute Gasteiger partial charge is 0.244 e. The lowest BCUT2D eigenvalue weighted by Crippen LogP contribution is -2.19. The van der Waals surface area contributed by atoms with Crippen molar-refractivity contribution in [1.29, 1.82) is 0 Å². The summed E-state index contributed by atoms with van der Waals surface area (Å²) in [5.74, 6) is -0.0957. The van der Waals surface area contributed by atoms with Crippen molar-refractivity contribution in [2.24, 2.45) is 0 Å². The Morgan fingerprint density at radius 1 is 1.00 bits per heavy atom. The van der Waals surface area contributed by atoms with Gasteiger partial charge in [-0.15, -0.1) is 22.0 Å². The molecule has 0 aliphatic carbocycles. The maximum atomic E-state index is 13.0. The third kappa shape index (κ3) is 4.71. The van der Waals surface area contributed by atoms with E-state index in [0.29, 0.717) is 5.13 Å². The van der Waals surface area contributed by atoms with Crippen LogP contribution in [0, 0.1) is 0 Å². The monoisotopic (exact) mass is 383 g/mol. The standard InChI is InChI=1S/C20H21N3OS2/c1-20(2,3)18-22-23-19(26-18)21-17(24)16(14-10-6-4-7-11-14)25-15-12-8-5-9-13-15/h4-13,16H,1-3H3,(H,21,23,24)/t16-/m1/s1. The second-order valence-electron chi connectivity index (χ2n) is 6.87. The van der Waals surface area contributed by atoms with Crippen LogP contribution < -0.4 is 5.32 Å². The van der Waals surface area contributed by atoms with Gasteiger partial charge < -0.3 is 0 Å². The molecule has 3 rings (SSSR count). The number of nitrogens with one attached hydrogen (secondary N) is 1. The first-order valence-electron chi connectivity index (χ1n) is 8.35. The largest absolute Gasteiger partial charge is 0.299 e. The number of carbonyl (C=O) groups excluding carboxylic acids is 1. The summed E-state index contributed by atoms with van der Waals surface area (Å²) in [5, 5.41) is 12.4. The molecule has 1 amide bonds. The lowest BCUT2D eigenvalue weighted by atomic mass is 9.98. The third-order valence-electron chi connectivity index (χ3n) is 3.63. The van der Waals surface area contributed by atoms with E-state index in [-0.39, 0.29) is 16.6 Å². The predicted molar refractivity (Wildman–Crippen MR) is 109 cm³/mol. The number of aromatic nitrogens is 2. The molecule has 1 atom stereocenters. The summed E-state index contributed by atoms with van der Waals surface area (Å²) in [6, 6.07) is 19.7. The van der Waals surface area contributed by atoms with Crippen LogP contribution in [-0.4, -0.2) is 16.1 Å². The molecule has 0 saturated carbocycles. The van der Waals surface area contributed by atoms with E-state index in [2.05, 4.69) is 36.3 Å². The molecular weight excluding hydrogens is 362 g/mol. The topological polar surface area (TPSA) is 54.9 Å². The summed E-state index contributed by atoms with van der Waals surface area (Å²) in [6.07, 6.45) is 0. The van der Waals surface area contributed by atoms with Gasteiger partial charge in [-0.2, -0.15) is 0 Å². The highest BCUT2D eigenvalue weighted by atomic mass is 32.2. The van der Waals surface area contributed by atoms with Gasteiger partial charge in [0.05, 0.1) is 0 Å². The van der Waals surface area contributed by atoms with Crippen LogP contribution in [0.1, 0.15) is 36.6 Å². The minimum absolute atomic E-state index is 0.0851. The minimum Gasteiger partial charge on any atom is -0.299 e. The molecule has 6 heteroatoms. The Morgan fingerprint density at radius 3 is 2.19 bits per heavy atom. The molecule has 0 fully saturated rings. The average Bonchev–Trinajstić information content (AvgIpc) is 3.10. The maximum absolute atomic E-state index is 13.0. The highest BCUT2D eigenvalue weighted by Gasteiger charge is 2.25. The van der Waals surface area contributed by atoms with Gasteiger partial charge in [0.25, 0.3) is 0 Å². The fourth-order valence-electron chi connectivity index (χ4n) is 2.28. The minimum atomic E-state index is -0.361. The zero-order valence-corrected chi connectivity index (χ0v) is 16.6. The number of hydrogen-bond acceptors (Lipinski definition) is 5. The van der Waals surface area contributed by atoms with Crippen LogP contribution in [0.5, 0.6) is 0 Å². The molecule has 2 aromatic carbocycles. The van der Waals surface area contributed by atoms with Gasteiger partial charge >= 0.3 is 0 Å². The van der Waals surface area contributed by atoms with Crippen LogP contribution in [0.3, 0.4) is 0 Å². The Labute approximate surface area is 162 Å². The van der Waals surface area contributed by atoms with Gasteiger partial charge in [-0.25, -0.2) is 0 Å². The molecule has 0 radical (unpaired) electrons. The Morgan fingerprint density at radius 2 is 1.62 bits per heavy atom. The first kappa shape index (κ1) is 18.6. The highest BCUT2D eigenvalue weighted by molar-refractivity contribution is 8.00. The van der Waals surface area contributed by atoms with Crippen LogP contribution in [0.2, 0.25) is 0 Å². The molecule has 26 heavy (non-hydrogen) atoms. The first-order chi connectivity index (χ1) is 12.4. The van der Waals surface area contributed by atoms with Gasteiger partial charge in [0, 0.05) is 10.3 Å². The van der Waals surface area contributed by atoms with Crippen molar-refractivity contribution in [2.45, 2.75) is 36.3 Å². The summed E-state index contributed by atoms with van der Waals surface area (Å²) in [4.78, 5) is 14.0. The lowest BCUT2D eigenvalue weighted by molar-refractivity contribution is -0.115. The summed E-state index contributed by atoms with van der Waals surface area (Å²) in [6.45, 7) is 6.24. The molecule has 0 saturated heterocycles. The molecule has 3 aromatic rings. The normalized spacial score (nSPS) is 12.6. The number of rotatable bonds is 5. The van der Waals surface area contributed by atoms with Crippen molar-refractivity contribution in [1.82, 2.24) is 10.2 Å². The van der Waals surface area contributed by atoms with Crippen LogP contribution >= 0.6 is 23.1 Å². The van der Waals surface area contributed by atoms with E-state index in [1.165, 1.54) is 23.1 Å². The molecule has 0 unspecified atom stereocenters. The van der Waals surface area contributed by atoms with Crippen molar-refractivity contribution in [2.75, 3.05) is 5.32 Å². The van der Waals surface area contributed by atoms with Gasteiger partial charge in [-0.3, -0.25) is 10.1 Å². The number of anilines is 1. The van der Waals surface area contributed by atoms with E-state index in [1.54, 1.807) is 0 Å². The first-order valence-corrected chi connectivity index (χ1v) is 10.0. The molecule has 4 nitrogen and oxygen atoms in total. The summed E-state index contributed by atoms with van der Waals surface area (Å²) < 4.78 is 0. The van der Waals surface area contributed by atoms with Crippen LogP contribution in [0.4, 0.5) is 5.13 Å². The molecule has 1 N–H and O–H groups in total. The number of hydrogen-bond donors (Lipinski definition) is 1. The zero-order chi connectivity index (χ0) is 18.6. The van der Waals surface area contributed by atoms with Gasteiger partial charge in [0.2, 0.25) is 11.0 Å². The SMILES string of the molecule is CC(C)(C)c1nnc(NC(=O)[C@H](Sc2ccccc2)c2ccccc2)s1. The number of nitrogens with zero attached hydrogens (tertiary/aromatic N) is 2. The van der Waals surface area contributed by atoms with Crippen molar-refractivity contribution in [3.8, 4) is 0 Å². The Kier molecular flexibility index (Phi) is 5.74. The zero-order valence-electron chi connectivity index (χ0n) is 15.0. The van der Waals surface area contributed by atoms with Crippen molar-refractivity contribution >= 4 is 34.1 Å². The summed E-state index contributed by atoms with van der Waals surface area (Å²) in [5.41, 5.74) is 0.873. The predicted octanol–water partition coefficient (Wildman–Crippen LogP) is 5.31. The van der Waals surface area contributed by atoms with Gasteiger partial charge in [-0.05, 0) is 17.7 Å². The highest BCUT2D eigenvalue weighted by Crippen LogP contribution is 2.36. The molecule has 0 spiro atoms. The Bertz CT molecular complexity index is 858. The Balaban J connectivity index is 1.82. The second kappa shape index (κ2) is 8.01. The molecule has 1 heterocycles. The maximum Gasteiger partial charge on any atom is 0.244 e. The van der Waals surface area contributed by atoms with Crippen LogP contribution in [0.25, 0.3) is 0 Å². The molecule has 1 aromatic heterocycles. The third-order valence-corrected chi connectivity index (χ3v) is 6.17. The molecule has 134 valence electrons. The van der Waals surface area contributed by atoms with Crippen LogP contribution in [-0.2, 0) is 10.2 Å². The Hall–Kier alpha value is -2.18. The van der Waals surface area contributed by atoms with Crippen LogP contribution in [0.15, 0.2) is 65.6 Å². The number of thioether (sulfide) groups is 1. The number of benzene rings is 2. The van der Waals surface area contributed by atoms with E-state index >= 15 is 0 Å². The average molecular weight is 384 g/mol. The lowest BCUT2D eigenvalue weighted by Gasteiger charge is -2.16. The summed E-state index contributed by atoms with van der Waals surface area (Å²) in [7, 11) is 0. The van der Waals surface area contributed by atoms with E-state index in [0.717, 1.165) is 15.5 Å². The van der Waals surface area contributed by atoms with Crippen molar-refractivity contribution < 1.29 is 4.79 Å². The van der Waals surface area contributed by atoms with E-state index in [9.17, 15) is 4.79 Å². The fourth-order valence-corrected chi connectivity index (χ4v) is 4.13. The number of amides is 1. The van der Waals surface area contributed by atoms with Crippen molar-refractivity contribution in [3.63, 3.8) is 0 Å². The van der Waals surface area contributed by atoms with Gasteiger partial charge in [0.1, 0.15) is 10.3 Å². The molecule has 0 aliphatic rings. The fraction of sp³-hybridized carbons (Fsp3) is 0.250. The van der Waals surface area contributed by atoms with Gasteiger partial charge in [-0.1, -0.05) is 80.6 Å². The quantitative estimate of drug-likeness (QED) is 0.607. The molecule has 0 bridgehead atoms. The summed E-state index contributed by atoms with van der Waals surface area (Å²) >= 11 is 2.95. The van der Waals surface area contributed by atoms with Crippen molar-refractivity contribution in [3.05, 3.63) is 71.2 Å². The van der Waals surface area contributed by atoms with E-state index in [4.69, 9.17) is 0 Å². The molecular formula is C20H21N3OS2. The van der Waals surface area contributed by atoms with E-state index in [1.807, 2.05) is 60.7 Å². The molecule has 0 aliphatic heterocycles.